The number of carboxylic acid groups (broad SMARTS) is 1. The zero-order valence-electron chi connectivity index (χ0n) is 11.5. The van der Waals surface area contributed by atoms with Crippen molar-refractivity contribution in [2.75, 3.05) is 13.1 Å². The zero-order chi connectivity index (χ0) is 16.3. The molecule has 2 rings (SSSR count). The van der Waals surface area contributed by atoms with Gasteiger partial charge >= 0.3 is 5.97 Å². The Labute approximate surface area is 124 Å². The molecular formula is C14H14F2N2O4. The van der Waals surface area contributed by atoms with Crippen LogP contribution in [-0.2, 0) is 9.59 Å². The Kier molecular flexibility index (Phi) is 4.39. The number of halogens is 2. The molecule has 0 atom stereocenters. The van der Waals surface area contributed by atoms with Crippen molar-refractivity contribution in [2.24, 2.45) is 5.41 Å². The van der Waals surface area contributed by atoms with Gasteiger partial charge in [-0.25, -0.2) is 8.78 Å². The Bertz CT molecular complexity index is 609. The van der Waals surface area contributed by atoms with Gasteiger partial charge in [-0.15, -0.1) is 0 Å². The predicted molar refractivity (Wildman–Crippen MR) is 71.0 cm³/mol. The first kappa shape index (κ1) is 15.9. The summed E-state index contributed by atoms with van der Waals surface area (Å²) in [6.45, 7) is -0.107. The number of nitrogens with one attached hydrogen (secondary N) is 2. The zero-order valence-corrected chi connectivity index (χ0v) is 11.5. The van der Waals surface area contributed by atoms with Gasteiger partial charge in [0.25, 0.3) is 5.91 Å². The van der Waals surface area contributed by atoms with E-state index < -0.39 is 40.4 Å². The molecule has 0 saturated heterocycles. The van der Waals surface area contributed by atoms with Crippen molar-refractivity contribution in [3.63, 3.8) is 0 Å². The highest BCUT2D eigenvalue weighted by Gasteiger charge is 2.56. The molecule has 8 heteroatoms. The van der Waals surface area contributed by atoms with Crippen molar-refractivity contribution in [3.8, 4) is 0 Å². The van der Waals surface area contributed by atoms with Crippen molar-refractivity contribution in [1.82, 2.24) is 10.6 Å². The van der Waals surface area contributed by atoms with E-state index in [1.54, 1.807) is 0 Å². The molecule has 0 unspecified atom stereocenters. The van der Waals surface area contributed by atoms with E-state index in [0.717, 1.165) is 18.2 Å². The molecule has 22 heavy (non-hydrogen) atoms. The van der Waals surface area contributed by atoms with Crippen molar-refractivity contribution in [1.29, 1.82) is 0 Å². The van der Waals surface area contributed by atoms with Gasteiger partial charge in [-0.2, -0.15) is 0 Å². The number of aliphatic carboxylic acids is 1. The van der Waals surface area contributed by atoms with E-state index in [4.69, 9.17) is 5.11 Å². The summed E-state index contributed by atoms with van der Waals surface area (Å²) in [5.74, 6) is -4.70. The molecule has 1 aliphatic carbocycles. The van der Waals surface area contributed by atoms with Crippen LogP contribution in [0.2, 0.25) is 0 Å². The molecule has 6 nitrogen and oxygen atoms in total. The number of hydrogen-bond acceptors (Lipinski definition) is 3. The minimum atomic E-state index is -1.36. The van der Waals surface area contributed by atoms with Gasteiger partial charge in [0.05, 0.1) is 0 Å². The lowest BCUT2D eigenvalue weighted by Gasteiger charge is -2.11. The second-order valence-electron chi connectivity index (χ2n) is 5.00. The van der Waals surface area contributed by atoms with Gasteiger partial charge in [-0.1, -0.05) is 6.07 Å². The number of rotatable bonds is 6. The smallest absolute Gasteiger partial charge is 0.319 e. The normalized spacial score (nSPS) is 15.0. The summed E-state index contributed by atoms with van der Waals surface area (Å²) in [4.78, 5) is 34.2. The van der Waals surface area contributed by atoms with Crippen molar-refractivity contribution in [2.45, 2.75) is 12.8 Å². The Balaban J connectivity index is 1.81. The first-order valence-electron chi connectivity index (χ1n) is 6.62. The Hall–Kier alpha value is -2.51. The Morgan fingerprint density at radius 1 is 1.09 bits per heavy atom. The third-order valence-electron chi connectivity index (χ3n) is 3.48. The SMILES string of the molecule is O=C(NCCNC(=O)C1(C(=O)O)CC1)c1c(F)cccc1F. The fourth-order valence-electron chi connectivity index (χ4n) is 1.99. The molecule has 0 radical (unpaired) electrons. The van der Waals surface area contributed by atoms with Crippen molar-refractivity contribution in [3.05, 3.63) is 35.4 Å². The topological polar surface area (TPSA) is 95.5 Å². The highest BCUT2D eigenvalue weighted by molar-refractivity contribution is 6.04. The molecule has 0 bridgehead atoms. The van der Waals surface area contributed by atoms with Gasteiger partial charge in [0.2, 0.25) is 5.91 Å². The minimum absolute atomic E-state index is 0.0321. The molecule has 1 saturated carbocycles. The molecule has 0 aliphatic heterocycles. The summed E-state index contributed by atoms with van der Waals surface area (Å²) in [5.41, 5.74) is -2.06. The molecule has 0 spiro atoms. The molecule has 118 valence electrons. The maximum atomic E-state index is 13.4. The fourth-order valence-corrected chi connectivity index (χ4v) is 1.99. The number of hydrogen-bond donors (Lipinski definition) is 3. The fraction of sp³-hybridized carbons (Fsp3) is 0.357. The Morgan fingerprint density at radius 2 is 1.64 bits per heavy atom. The van der Waals surface area contributed by atoms with E-state index in [2.05, 4.69) is 10.6 Å². The molecule has 2 amide bonds. The molecule has 1 aromatic carbocycles. The number of benzene rings is 1. The minimum Gasteiger partial charge on any atom is -0.480 e. The van der Waals surface area contributed by atoms with Crippen LogP contribution < -0.4 is 10.6 Å². The molecule has 1 aliphatic rings. The van der Waals surface area contributed by atoms with Crippen LogP contribution in [0.4, 0.5) is 8.78 Å². The second kappa shape index (κ2) is 6.08. The highest BCUT2D eigenvalue weighted by atomic mass is 19.1. The van der Waals surface area contributed by atoms with Crippen LogP contribution in [0.3, 0.4) is 0 Å². The van der Waals surface area contributed by atoms with E-state index in [-0.39, 0.29) is 25.9 Å². The van der Waals surface area contributed by atoms with E-state index in [9.17, 15) is 23.2 Å². The maximum Gasteiger partial charge on any atom is 0.319 e. The van der Waals surface area contributed by atoms with Crippen LogP contribution in [0.1, 0.15) is 23.2 Å². The quantitative estimate of drug-likeness (QED) is 0.531. The largest absolute Gasteiger partial charge is 0.480 e. The monoisotopic (exact) mass is 312 g/mol. The second-order valence-corrected chi connectivity index (χ2v) is 5.00. The molecule has 1 aromatic rings. The van der Waals surface area contributed by atoms with Crippen molar-refractivity contribution < 1.29 is 28.3 Å². The van der Waals surface area contributed by atoms with Crippen LogP contribution in [0.5, 0.6) is 0 Å². The lowest BCUT2D eigenvalue weighted by Crippen LogP contribution is -2.41. The summed E-state index contributed by atoms with van der Waals surface area (Å²) < 4.78 is 26.7. The van der Waals surface area contributed by atoms with Crippen LogP contribution in [0.15, 0.2) is 18.2 Å². The van der Waals surface area contributed by atoms with Crippen molar-refractivity contribution >= 4 is 17.8 Å². The highest BCUT2D eigenvalue weighted by Crippen LogP contribution is 2.45. The first-order valence-corrected chi connectivity index (χ1v) is 6.62. The van der Waals surface area contributed by atoms with E-state index >= 15 is 0 Å². The summed E-state index contributed by atoms with van der Waals surface area (Å²) in [6, 6.07) is 3.07. The van der Waals surface area contributed by atoms with Gasteiger partial charge in [-0.3, -0.25) is 14.4 Å². The van der Waals surface area contributed by atoms with Crippen LogP contribution in [-0.4, -0.2) is 36.0 Å². The summed E-state index contributed by atoms with van der Waals surface area (Å²) >= 11 is 0. The Morgan fingerprint density at radius 3 is 2.14 bits per heavy atom. The summed E-state index contributed by atoms with van der Waals surface area (Å²) in [6.07, 6.45) is 0.557. The van der Waals surface area contributed by atoms with Gasteiger partial charge in [0, 0.05) is 13.1 Å². The average molecular weight is 312 g/mol. The molecule has 0 aromatic heterocycles. The maximum absolute atomic E-state index is 13.4. The molecule has 0 heterocycles. The third kappa shape index (κ3) is 3.05. The molecular weight excluding hydrogens is 298 g/mol. The lowest BCUT2D eigenvalue weighted by atomic mass is 10.1. The van der Waals surface area contributed by atoms with E-state index in [1.807, 2.05) is 0 Å². The van der Waals surface area contributed by atoms with Crippen LogP contribution >= 0.6 is 0 Å². The van der Waals surface area contributed by atoms with Crippen LogP contribution in [0, 0.1) is 17.0 Å². The van der Waals surface area contributed by atoms with E-state index in [1.165, 1.54) is 0 Å². The van der Waals surface area contributed by atoms with E-state index in [0.29, 0.717) is 0 Å². The predicted octanol–water partition coefficient (Wildman–Crippen LogP) is 0.676. The number of carbonyl (C=O) groups excluding carboxylic acids is 2. The van der Waals surface area contributed by atoms with Gasteiger partial charge in [-0.05, 0) is 25.0 Å². The number of amides is 2. The first-order chi connectivity index (χ1) is 10.4. The summed E-state index contributed by atoms with van der Waals surface area (Å²) in [7, 11) is 0. The standard InChI is InChI=1S/C14H14F2N2O4/c15-8-2-1-3-9(16)10(8)11(19)17-6-7-18-12(20)14(4-5-14)13(21)22/h1-3H,4-7H2,(H,17,19)(H,18,20)(H,21,22). The lowest BCUT2D eigenvalue weighted by molar-refractivity contribution is -0.149. The van der Waals surface area contributed by atoms with Gasteiger partial charge in [0.1, 0.15) is 22.6 Å². The van der Waals surface area contributed by atoms with Gasteiger partial charge < -0.3 is 15.7 Å². The van der Waals surface area contributed by atoms with Gasteiger partial charge in [0.15, 0.2) is 0 Å². The van der Waals surface area contributed by atoms with Crippen LogP contribution in [0.25, 0.3) is 0 Å². The molecule has 3 N–H and O–H groups in total. The average Bonchev–Trinajstić information content (AvgIpc) is 3.24. The number of carbonyl (C=O) groups is 3. The third-order valence-corrected chi connectivity index (χ3v) is 3.48. The summed E-state index contributed by atoms with van der Waals surface area (Å²) in [5, 5.41) is 13.6. The molecule has 1 fully saturated rings. The number of carboxylic acids is 1.